The Morgan fingerprint density at radius 1 is 1.10 bits per heavy atom. The molecule has 2 fully saturated rings. The summed E-state index contributed by atoms with van der Waals surface area (Å²) in [6.45, 7) is 0. The molecule has 0 amide bonds. The molecule has 10 heavy (non-hydrogen) atoms. The highest BCUT2D eigenvalue weighted by Crippen LogP contribution is 2.43. The highest BCUT2D eigenvalue weighted by Gasteiger charge is 2.30. The van der Waals surface area contributed by atoms with Gasteiger partial charge in [-0.1, -0.05) is 22.4 Å². The molecule has 2 atom stereocenters. The largest absolute Gasteiger partial charge is 0.155 e. The molecule has 2 heterocycles. The van der Waals surface area contributed by atoms with Gasteiger partial charge in [-0.2, -0.15) is 11.8 Å². The molecule has 0 aromatic rings. The van der Waals surface area contributed by atoms with Gasteiger partial charge >= 0.3 is 0 Å². The first kappa shape index (κ1) is 7.48. The van der Waals surface area contributed by atoms with Crippen LogP contribution in [0.2, 0.25) is 0 Å². The van der Waals surface area contributed by atoms with Crippen LogP contribution in [0.3, 0.4) is 0 Å². The minimum Gasteiger partial charge on any atom is -0.155 e. The average Bonchev–Trinajstić information content (AvgIpc) is 1.85. The quantitative estimate of drug-likeness (QED) is 0.566. The van der Waals surface area contributed by atoms with Gasteiger partial charge in [0.25, 0.3) is 0 Å². The van der Waals surface area contributed by atoms with E-state index in [1.807, 2.05) is 0 Å². The molecule has 0 saturated carbocycles. The second kappa shape index (κ2) is 3.06. The summed E-state index contributed by atoms with van der Waals surface area (Å²) in [5, 5.41) is 1.99. The van der Waals surface area contributed by atoms with E-state index in [-0.39, 0.29) is 0 Å². The van der Waals surface area contributed by atoms with Crippen molar-refractivity contribution in [3.8, 4) is 0 Å². The monoisotopic (exact) mass is 220 g/mol. The summed E-state index contributed by atoms with van der Waals surface area (Å²) in [6.07, 6.45) is 7.27. The van der Waals surface area contributed by atoms with Crippen LogP contribution in [0.1, 0.15) is 32.1 Å². The van der Waals surface area contributed by atoms with E-state index in [1.165, 1.54) is 32.1 Å². The average molecular weight is 221 g/mol. The van der Waals surface area contributed by atoms with E-state index in [0.29, 0.717) is 0 Å². The minimum atomic E-state index is 0.837. The van der Waals surface area contributed by atoms with Gasteiger partial charge in [-0.15, -0.1) is 0 Å². The number of hydrogen-bond acceptors (Lipinski definition) is 1. The first-order valence-corrected chi connectivity index (χ1v) is 6.00. The Kier molecular flexibility index (Phi) is 2.29. The minimum absolute atomic E-state index is 0.837. The summed E-state index contributed by atoms with van der Waals surface area (Å²) in [5.41, 5.74) is 0. The predicted octanol–water partition coefficient (Wildman–Crippen LogP) is 3.20. The first-order valence-electron chi connectivity index (χ1n) is 4.14. The second-order valence-electron chi connectivity index (χ2n) is 3.38. The normalized spacial score (nSPS) is 47.1. The molecule has 58 valence electrons. The van der Waals surface area contributed by atoms with Gasteiger partial charge in [0.05, 0.1) is 0 Å². The highest BCUT2D eigenvalue weighted by molar-refractivity contribution is 9.09. The first-order chi connectivity index (χ1) is 4.84. The molecule has 0 N–H and O–H groups in total. The molecule has 2 heteroatoms. The van der Waals surface area contributed by atoms with Crippen molar-refractivity contribution < 1.29 is 0 Å². The smallest absolute Gasteiger partial charge is 0.0166 e. The van der Waals surface area contributed by atoms with Crippen LogP contribution in [-0.4, -0.2) is 15.3 Å². The van der Waals surface area contributed by atoms with Crippen LogP contribution in [0, 0.1) is 0 Å². The molecule has 0 aromatic heterocycles. The maximum Gasteiger partial charge on any atom is 0.0166 e. The SMILES string of the molecule is BrC1CC2CCCC(C1)S2. The van der Waals surface area contributed by atoms with Crippen molar-refractivity contribution in [2.24, 2.45) is 0 Å². The Bertz CT molecular complexity index is 110. The Labute approximate surface area is 75.3 Å². The maximum atomic E-state index is 3.73. The number of alkyl halides is 1. The number of rotatable bonds is 0. The molecular weight excluding hydrogens is 208 g/mol. The number of thioether (sulfide) groups is 1. The van der Waals surface area contributed by atoms with Gasteiger partial charge in [0.15, 0.2) is 0 Å². The predicted molar refractivity (Wildman–Crippen MR) is 51.0 cm³/mol. The molecule has 2 saturated heterocycles. The van der Waals surface area contributed by atoms with Gasteiger partial charge in [-0.05, 0) is 25.7 Å². The van der Waals surface area contributed by atoms with E-state index in [1.54, 1.807) is 0 Å². The fourth-order valence-corrected chi connectivity index (χ4v) is 5.23. The molecule has 0 nitrogen and oxygen atoms in total. The van der Waals surface area contributed by atoms with Crippen molar-refractivity contribution >= 4 is 27.7 Å². The van der Waals surface area contributed by atoms with E-state index >= 15 is 0 Å². The van der Waals surface area contributed by atoms with Gasteiger partial charge < -0.3 is 0 Å². The Balaban J connectivity index is 1.98. The van der Waals surface area contributed by atoms with Crippen molar-refractivity contribution in [3.63, 3.8) is 0 Å². The maximum absolute atomic E-state index is 3.73. The highest BCUT2D eigenvalue weighted by atomic mass is 79.9. The molecule has 0 radical (unpaired) electrons. The molecule has 0 spiro atoms. The van der Waals surface area contributed by atoms with Crippen LogP contribution in [-0.2, 0) is 0 Å². The summed E-state index contributed by atoms with van der Waals surface area (Å²) >= 11 is 5.98. The third kappa shape index (κ3) is 1.53. The lowest BCUT2D eigenvalue weighted by atomic mass is 9.99. The van der Waals surface area contributed by atoms with Gasteiger partial charge in [-0.3, -0.25) is 0 Å². The zero-order valence-electron chi connectivity index (χ0n) is 6.05. The van der Waals surface area contributed by atoms with Crippen molar-refractivity contribution in [3.05, 3.63) is 0 Å². The van der Waals surface area contributed by atoms with Crippen LogP contribution < -0.4 is 0 Å². The molecule has 0 aliphatic carbocycles. The van der Waals surface area contributed by atoms with Crippen molar-refractivity contribution in [2.75, 3.05) is 0 Å². The molecule has 2 aliphatic heterocycles. The zero-order chi connectivity index (χ0) is 6.97. The van der Waals surface area contributed by atoms with E-state index in [9.17, 15) is 0 Å². The summed E-state index contributed by atoms with van der Waals surface area (Å²) in [4.78, 5) is 0.837. The number of hydrogen-bond donors (Lipinski definition) is 0. The topological polar surface area (TPSA) is 0 Å². The van der Waals surface area contributed by atoms with E-state index < -0.39 is 0 Å². The third-order valence-corrected chi connectivity index (χ3v) is 4.85. The van der Waals surface area contributed by atoms with E-state index in [0.717, 1.165) is 15.3 Å². The van der Waals surface area contributed by atoms with Crippen LogP contribution >= 0.6 is 27.7 Å². The third-order valence-electron chi connectivity index (χ3n) is 2.47. The molecule has 2 bridgehead atoms. The van der Waals surface area contributed by atoms with Crippen LogP contribution in [0.15, 0.2) is 0 Å². The standard InChI is InChI=1S/C8H13BrS/c9-6-4-7-2-1-3-8(5-6)10-7/h6-8H,1-5H2. The Hall–Kier alpha value is 0.830. The van der Waals surface area contributed by atoms with Gasteiger partial charge in [0, 0.05) is 15.3 Å². The van der Waals surface area contributed by atoms with Crippen molar-refractivity contribution in [1.82, 2.24) is 0 Å². The van der Waals surface area contributed by atoms with Crippen molar-refractivity contribution in [2.45, 2.75) is 47.4 Å². The molecule has 0 aromatic carbocycles. The fraction of sp³-hybridized carbons (Fsp3) is 1.00. The van der Waals surface area contributed by atoms with Gasteiger partial charge in [0.1, 0.15) is 0 Å². The summed E-state index contributed by atoms with van der Waals surface area (Å²) in [7, 11) is 0. The van der Waals surface area contributed by atoms with Crippen LogP contribution in [0.5, 0.6) is 0 Å². The fourth-order valence-electron chi connectivity index (χ4n) is 1.99. The van der Waals surface area contributed by atoms with Gasteiger partial charge in [0.2, 0.25) is 0 Å². The Morgan fingerprint density at radius 3 is 2.30 bits per heavy atom. The lowest BCUT2D eigenvalue weighted by molar-refractivity contribution is 0.503. The van der Waals surface area contributed by atoms with Crippen LogP contribution in [0.25, 0.3) is 0 Å². The molecule has 2 unspecified atom stereocenters. The molecule has 2 rings (SSSR count). The summed E-state index contributed by atoms with van der Waals surface area (Å²) in [5.74, 6) is 0. The van der Waals surface area contributed by atoms with E-state index in [2.05, 4.69) is 27.7 Å². The number of fused-ring (bicyclic) bond motifs is 2. The second-order valence-corrected chi connectivity index (χ2v) is 6.28. The zero-order valence-corrected chi connectivity index (χ0v) is 8.46. The Morgan fingerprint density at radius 2 is 1.70 bits per heavy atom. The number of halogens is 1. The molecular formula is C8H13BrS. The lowest BCUT2D eigenvalue weighted by Gasteiger charge is -2.36. The van der Waals surface area contributed by atoms with Gasteiger partial charge in [-0.25, -0.2) is 0 Å². The van der Waals surface area contributed by atoms with Crippen LogP contribution in [0.4, 0.5) is 0 Å². The summed E-state index contributed by atoms with van der Waals surface area (Å²) in [6, 6.07) is 0. The summed E-state index contributed by atoms with van der Waals surface area (Å²) < 4.78 is 0. The lowest BCUT2D eigenvalue weighted by Crippen LogP contribution is -2.28. The van der Waals surface area contributed by atoms with E-state index in [4.69, 9.17) is 0 Å². The van der Waals surface area contributed by atoms with Crippen molar-refractivity contribution in [1.29, 1.82) is 0 Å². The molecule has 2 aliphatic rings.